The third-order valence-corrected chi connectivity index (χ3v) is 6.97. The Labute approximate surface area is 201 Å². The van der Waals surface area contributed by atoms with Gasteiger partial charge >= 0.3 is 0 Å². The predicted octanol–water partition coefficient (Wildman–Crippen LogP) is 4.90. The van der Waals surface area contributed by atoms with Crippen LogP contribution in [0.2, 0.25) is 0 Å². The molecule has 0 aliphatic carbocycles. The van der Waals surface area contributed by atoms with Crippen LogP contribution in [-0.2, 0) is 4.74 Å². The molecule has 1 saturated heterocycles. The number of pyridine rings is 1. The van der Waals surface area contributed by atoms with Gasteiger partial charge in [-0.25, -0.2) is 4.52 Å². The fourth-order valence-electron chi connectivity index (χ4n) is 4.77. The van der Waals surface area contributed by atoms with Crippen LogP contribution in [0.1, 0.15) is 24.5 Å². The first-order chi connectivity index (χ1) is 16.1. The van der Waals surface area contributed by atoms with Crippen LogP contribution in [0.4, 0.5) is 5.69 Å². The van der Waals surface area contributed by atoms with E-state index in [0.29, 0.717) is 0 Å². The third-order valence-electron chi connectivity index (χ3n) is 6.31. The van der Waals surface area contributed by atoms with Gasteiger partial charge in [-0.1, -0.05) is 19.1 Å². The molecule has 7 heteroatoms. The molecule has 1 aliphatic rings. The number of methoxy groups -OCH3 is 1. The zero-order valence-electron chi connectivity index (χ0n) is 20.6. The summed E-state index contributed by atoms with van der Waals surface area (Å²) in [5.74, 6) is 0.889. The second kappa shape index (κ2) is 10.8. The Bertz CT molecular complexity index is 1090. The Hall–Kier alpha value is -2.22. The first-order valence-electron chi connectivity index (χ1n) is 11.8. The molecule has 0 N–H and O–H groups in total. The molecular formula is C26H36N4O2S. The minimum absolute atomic E-state index is 0.835. The molecule has 0 unspecified atom stereocenters. The van der Waals surface area contributed by atoms with Crippen molar-refractivity contribution >= 4 is 23.0 Å². The Balaban J connectivity index is 1.78. The van der Waals surface area contributed by atoms with E-state index >= 15 is 0 Å². The molecule has 1 aromatic carbocycles. The number of hydrogen-bond donors (Lipinski definition) is 0. The van der Waals surface area contributed by atoms with E-state index in [-0.39, 0.29) is 0 Å². The molecule has 178 valence electrons. The van der Waals surface area contributed by atoms with E-state index in [1.54, 1.807) is 18.9 Å². The summed E-state index contributed by atoms with van der Waals surface area (Å²) in [5, 5.41) is 6.16. The van der Waals surface area contributed by atoms with Gasteiger partial charge in [-0.05, 0) is 55.9 Å². The largest absolute Gasteiger partial charge is 0.496 e. The number of ether oxygens (including phenoxy) is 2. The normalized spacial score (nSPS) is 14.7. The Morgan fingerprint density at radius 2 is 1.94 bits per heavy atom. The van der Waals surface area contributed by atoms with Gasteiger partial charge in [0.15, 0.2) is 0 Å². The highest BCUT2D eigenvalue weighted by molar-refractivity contribution is 7.98. The predicted molar refractivity (Wildman–Crippen MR) is 138 cm³/mol. The summed E-state index contributed by atoms with van der Waals surface area (Å²) in [7, 11) is 1.74. The number of aryl methyl sites for hydroxylation is 2. The van der Waals surface area contributed by atoms with Crippen molar-refractivity contribution < 1.29 is 9.47 Å². The third kappa shape index (κ3) is 5.00. The van der Waals surface area contributed by atoms with Gasteiger partial charge in [-0.15, -0.1) is 11.8 Å². The Morgan fingerprint density at radius 3 is 2.64 bits per heavy atom. The van der Waals surface area contributed by atoms with Crippen molar-refractivity contribution in [3.05, 3.63) is 41.5 Å². The lowest BCUT2D eigenvalue weighted by Gasteiger charge is -2.31. The first-order valence-corrected chi connectivity index (χ1v) is 13.1. The number of benzene rings is 1. The summed E-state index contributed by atoms with van der Waals surface area (Å²) in [6.07, 6.45) is 3.22. The molecule has 0 radical (unpaired) electrons. The average Bonchev–Trinajstić information content (AvgIpc) is 3.21. The van der Waals surface area contributed by atoms with Crippen LogP contribution in [0.5, 0.6) is 5.75 Å². The van der Waals surface area contributed by atoms with E-state index in [4.69, 9.17) is 14.6 Å². The summed E-state index contributed by atoms with van der Waals surface area (Å²) >= 11 is 1.72. The topological polar surface area (TPSA) is 42.2 Å². The number of morpholine rings is 1. The monoisotopic (exact) mass is 468 g/mol. The number of thioether (sulfide) groups is 1. The van der Waals surface area contributed by atoms with E-state index in [1.807, 2.05) is 0 Å². The number of nitrogens with zero attached hydrogens (tertiary/aromatic N) is 4. The minimum Gasteiger partial charge on any atom is -0.496 e. The lowest BCUT2D eigenvalue weighted by molar-refractivity contribution is 0.0391. The van der Waals surface area contributed by atoms with Gasteiger partial charge in [0.2, 0.25) is 0 Å². The second-order valence-electron chi connectivity index (χ2n) is 8.67. The van der Waals surface area contributed by atoms with E-state index in [0.717, 1.165) is 79.9 Å². The highest BCUT2D eigenvalue weighted by Crippen LogP contribution is 2.39. The van der Waals surface area contributed by atoms with Gasteiger partial charge < -0.3 is 14.4 Å². The van der Waals surface area contributed by atoms with Crippen molar-refractivity contribution in [3.63, 3.8) is 0 Å². The quantitative estimate of drug-likeness (QED) is 0.416. The molecule has 4 rings (SSSR count). The summed E-state index contributed by atoms with van der Waals surface area (Å²) in [6, 6.07) is 10.8. The van der Waals surface area contributed by atoms with E-state index < -0.39 is 0 Å². The molecule has 2 aromatic heterocycles. The maximum Gasteiger partial charge on any atom is 0.142 e. The van der Waals surface area contributed by atoms with Crippen LogP contribution in [0, 0.1) is 13.8 Å². The number of hydrogen-bond acceptors (Lipinski definition) is 6. The van der Waals surface area contributed by atoms with Gasteiger partial charge in [-0.3, -0.25) is 4.90 Å². The minimum atomic E-state index is 0.835. The summed E-state index contributed by atoms with van der Waals surface area (Å²) < 4.78 is 13.4. The zero-order valence-corrected chi connectivity index (χ0v) is 21.4. The molecule has 1 aliphatic heterocycles. The molecule has 0 spiro atoms. The number of fused-ring (bicyclic) bond motifs is 1. The van der Waals surface area contributed by atoms with E-state index in [2.05, 4.69) is 71.7 Å². The second-order valence-corrected chi connectivity index (χ2v) is 9.46. The summed E-state index contributed by atoms with van der Waals surface area (Å²) in [4.78, 5) is 5.02. The molecule has 3 aromatic rings. The molecule has 0 bridgehead atoms. The van der Waals surface area contributed by atoms with Crippen LogP contribution >= 0.6 is 11.8 Å². The number of aromatic nitrogens is 2. The highest BCUT2D eigenvalue weighted by atomic mass is 32.2. The van der Waals surface area contributed by atoms with Crippen LogP contribution in [0.25, 0.3) is 16.8 Å². The Morgan fingerprint density at radius 1 is 1.15 bits per heavy atom. The molecule has 1 fully saturated rings. The SMILES string of the molecule is CCCN(CCN1CCOCC1)c1c(SC)nn2c(-c3c(C)cc(C)cc3OC)cccc12. The van der Waals surface area contributed by atoms with Crippen LogP contribution in [0.3, 0.4) is 0 Å². The van der Waals surface area contributed by atoms with Crippen molar-refractivity contribution in [3.8, 4) is 17.0 Å². The molecule has 3 heterocycles. The number of rotatable bonds is 9. The van der Waals surface area contributed by atoms with Crippen molar-refractivity contribution in [2.24, 2.45) is 0 Å². The van der Waals surface area contributed by atoms with Gasteiger partial charge in [0, 0.05) is 38.3 Å². The van der Waals surface area contributed by atoms with Crippen molar-refractivity contribution in [2.75, 3.05) is 64.2 Å². The summed E-state index contributed by atoms with van der Waals surface area (Å²) in [5.41, 5.74) is 6.94. The number of anilines is 1. The van der Waals surface area contributed by atoms with Gasteiger partial charge in [-0.2, -0.15) is 5.10 Å². The first kappa shape index (κ1) is 23.9. The van der Waals surface area contributed by atoms with Crippen molar-refractivity contribution in [1.82, 2.24) is 14.5 Å². The molecule has 0 amide bonds. The zero-order chi connectivity index (χ0) is 23.4. The fraction of sp³-hybridized carbons (Fsp3) is 0.500. The molecule has 0 saturated carbocycles. The molecule has 0 atom stereocenters. The maximum atomic E-state index is 5.79. The summed E-state index contributed by atoms with van der Waals surface area (Å²) in [6.45, 7) is 13.2. The fourth-order valence-corrected chi connectivity index (χ4v) is 5.36. The maximum absolute atomic E-state index is 5.79. The van der Waals surface area contributed by atoms with Crippen LogP contribution in [0.15, 0.2) is 35.4 Å². The van der Waals surface area contributed by atoms with Crippen molar-refractivity contribution in [2.45, 2.75) is 32.2 Å². The molecular weight excluding hydrogens is 432 g/mol. The lowest BCUT2D eigenvalue weighted by atomic mass is 10.0. The van der Waals surface area contributed by atoms with Gasteiger partial charge in [0.1, 0.15) is 10.8 Å². The smallest absolute Gasteiger partial charge is 0.142 e. The van der Waals surface area contributed by atoms with Crippen LogP contribution < -0.4 is 9.64 Å². The lowest BCUT2D eigenvalue weighted by Crippen LogP contribution is -2.41. The molecule has 33 heavy (non-hydrogen) atoms. The van der Waals surface area contributed by atoms with Crippen LogP contribution in [-0.4, -0.2) is 73.8 Å². The van der Waals surface area contributed by atoms with Gasteiger partial charge in [0.25, 0.3) is 0 Å². The highest BCUT2D eigenvalue weighted by Gasteiger charge is 2.23. The van der Waals surface area contributed by atoms with E-state index in [1.165, 1.54) is 16.8 Å². The van der Waals surface area contributed by atoms with Crippen molar-refractivity contribution in [1.29, 1.82) is 0 Å². The van der Waals surface area contributed by atoms with Gasteiger partial charge in [0.05, 0.1) is 37.2 Å². The Kier molecular flexibility index (Phi) is 7.83. The average molecular weight is 469 g/mol. The standard InChI is InChI=1S/C26H36N4O2S/c1-6-10-29(12-11-28-13-15-32-16-14-28)25-22-9-7-8-21(30(22)27-26(25)33-5)24-20(3)17-19(2)18-23(24)31-4/h7-9,17-18H,6,10-16H2,1-5H3. The molecule has 6 nitrogen and oxygen atoms in total. The van der Waals surface area contributed by atoms with E-state index in [9.17, 15) is 0 Å².